The summed E-state index contributed by atoms with van der Waals surface area (Å²) in [5, 5.41) is 10.9. The predicted octanol–water partition coefficient (Wildman–Crippen LogP) is 4.79. The van der Waals surface area contributed by atoms with Crippen molar-refractivity contribution < 1.29 is 28.8 Å². The van der Waals surface area contributed by atoms with Gasteiger partial charge in [0, 0.05) is 19.1 Å². The van der Waals surface area contributed by atoms with Gasteiger partial charge in [-0.05, 0) is 31.4 Å². The highest BCUT2D eigenvalue weighted by atomic mass is 16.6. The van der Waals surface area contributed by atoms with Crippen molar-refractivity contribution in [2.75, 3.05) is 13.2 Å². The van der Waals surface area contributed by atoms with Gasteiger partial charge in [-0.1, -0.05) is 50.7 Å². The van der Waals surface area contributed by atoms with Gasteiger partial charge < -0.3 is 9.47 Å². The molecule has 0 unspecified atom stereocenters. The van der Waals surface area contributed by atoms with E-state index in [-0.39, 0.29) is 23.8 Å². The quantitative estimate of drug-likeness (QED) is 0.0743. The number of carbonyl (C=O) groups is 3. The molecule has 8 nitrogen and oxygen atoms in total. The van der Waals surface area contributed by atoms with Crippen molar-refractivity contribution in [3.63, 3.8) is 0 Å². The monoisotopic (exact) mass is 433 g/mol. The average molecular weight is 434 g/mol. The maximum absolute atomic E-state index is 12.2. The Bertz CT molecular complexity index is 786. The van der Waals surface area contributed by atoms with E-state index in [4.69, 9.17) is 9.47 Å². The molecule has 0 fully saturated rings. The van der Waals surface area contributed by atoms with E-state index in [1.54, 1.807) is 6.07 Å². The SMILES string of the molecule is CC(=O)OCCCCCCCCCCOC(=O)/C(=C/c1cccc([N+](=O)[O-])c1)C(C)=O. The summed E-state index contributed by atoms with van der Waals surface area (Å²) in [5.41, 5.74) is 0.146. The Labute approximate surface area is 182 Å². The maximum Gasteiger partial charge on any atom is 0.341 e. The van der Waals surface area contributed by atoms with Crippen LogP contribution in [0.2, 0.25) is 0 Å². The third kappa shape index (κ3) is 11.7. The lowest BCUT2D eigenvalue weighted by Gasteiger charge is -2.07. The van der Waals surface area contributed by atoms with Crippen LogP contribution in [0.4, 0.5) is 5.69 Å². The maximum atomic E-state index is 12.2. The Hall–Kier alpha value is -3.03. The van der Waals surface area contributed by atoms with E-state index in [0.717, 1.165) is 44.9 Å². The van der Waals surface area contributed by atoms with Crippen LogP contribution in [-0.2, 0) is 23.9 Å². The van der Waals surface area contributed by atoms with Crippen LogP contribution in [0.15, 0.2) is 29.8 Å². The van der Waals surface area contributed by atoms with Crippen LogP contribution < -0.4 is 0 Å². The molecule has 0 aromatic heterocycles. The van der Waals surface area contributed by atoms with E-state index in [0.29, 0.717) is 18.6 Å². The number of nitro benzene ring substituents is 1. The molecular formula is C23H31NO7. The smallest absolute Gasteiger partial charge is 0.341 e. The molecule has 8 heteroatoms. The first-order valence-electron chi connectivity index (χ1n) is 10.6. The zero-order valence-corrected chi connectivity index (χ0v) is 18.3. The van der Waals surface area contributed by atoms with Gasteiger partial charge in [0.1, 0.15) is 5.57 Å². The number of rotatable bonds is 15. The number of unbranched alkanes of at least 4 members (excludes halogenated alkanes) is 7. The molecule has 0 aliphatic rings. The van der Waals surface area contributed by atoms with Gasteiger partial charge in [-0.2, -0.15) is 0 Å². The van der Waals surface area contributed by atoms with E-state index in [9.17, 15) is 24.5 Å². The Morgan fingerprint density at radius 2 is 1.45 bits per heavy atom. The van der Waals surface area contributed by atoms with Crippen molar-refractivity contribution in [1.29, 1.82) is 0 Å². The summed E-state index contributed by atoms with van der Waals surface area (Å²) in [6, 6.07) is 5.71. The molecule has 170 valence electrons. The number of benzene rings is 1. The molecule has 0 radical (unpaired) electrons. The lowest BCUT2D eigenvalue weighted by molar-refractivity contribution is -0.384. The zero-order valence-electron chi connectivity index (χ0n) is 18.3. The van der Waals surface area contributed by atoms with Crippen molar-refractivity contribution in [3.8, 4) is 0 Å². The van der Waals surface area contributed by atoms with Crippen LogP contribution in [0.25, 0.3) is 6.08 Å². The van der Waals surface area contributed by atoms with Crippen molar-refractivity contribution in [3.05, 3.63) is 45.5 Å². The molecule has 1 aromatic carbocycles. The van der Waals surface area contributed by atoms with Gasteiger partial charge in [0.05, 0.1) is 18.1 Å². The Balaban J connectivity index is 2.28. The number of non-ortho nitro benzene ring substituents is 1. The molecule has 0 spiro atoms. The van der Waals surface area contributed by atoms with Gasteiger partial charge in [-0.15, -0.1) is 0 Å². The normalized spacial score (nSPS) is 11.1. The van der Waals surface area contributed by atoms with Crippen molar-refractivity contribution in [2.24, 2.45) is 0 Å². The first-order valence-corrected chi connectivity index (χ1v) is 10.6. The summed E-state index contributed by atoms with van der Waals surface area (Å²) in [6.45, 7) is 3.38. The fraction of sp³-hybridized carbons (Fsp3) is 0.522. The molecule has 0 bridgehead atoms. The van der Waals surface area contributed by atoms with Crippen molar-refractivity contribution >= 4 is 29.5 Å². The van der Waals surface area contributed by atoms with E-state index in [1.165, 1.54) is 38.1 Å². The Morgan fingerprint density at radius 1 is 0.903 bits per heavy atom. The fourth-order valence-corrected chi connectivity index (χ4v) is 2.92. The zero-order chi connectivity index (χ0) is 23.1. The number of Topliss-reactive ketones (excluding diaryl/α,β-unsaturated/α-hetero) is 1. The van der Waals surface area contributed by atoms with Gasteiger partial charge in [0.15, 0.2) is 5.78 Å². The molecule has 0 saturated carbocycles. The number of ether oxygens (including phenoxy) is 2. The Morgan fingerprint density at radius 3 is 1.97 bits per heavy atom. The molecule has 1 aromatic rings. The second-order valence-electron chi connectivity index (χ2n) is 7.27. The molecule has 1 rings (SSSR count). The highest BCUT2D eigenvalue weighted by molar-refractivity contribution is 6.19. The van der Waals surface area contributed by atoms with Crippen molar-refractivity contribution in [1.82, 2.24) is 0 Å². The second kappa shape index (κ2) is 14.9. The number of nitro groups is 1. The third-order valence-corrected chi connectivity index (χ3v) is 4.57. The lowest BCUT2D eigenvalue weighted by atomic mass is 10.1. The number of carbonyl (C=O) groups excluding carboxylic acids is 3. The van der Waals surface area contributed by atoms with E-state index in [2.05, 4.69) is 0 Å². The topological polar surface area (TPSA) is 113 Å². The summed E-state index contributed by atoms with van der Waals surface area (Å²) in [7, 11) is 0. The molecule has 0 aliphatic heterocycles. The molecule has 0 atom stereocenters. The highest BCUT2D eigenvalue weighted by Gasteiger charge is 2.16. The van der Waals surface area contributed by atoms with Crippen LogP contribution in [0.1, 0.15) is 70.8 Å². The minimum absolute atomic E-state index is 0.116. The number of hydrogen-bond donors (Lipinski definition) is 0. The summed E-state index contributed by atoms with van der Waals surface area (Å²) >= 11 is 0. The lowest BCUT2D eigenvalue weighted by Crippen LogP contribution is -2.14. The molecule has 0 saturated heterocycles. The molecule has 0 N–H and O–H groups in total. The van der Waals surface area contributed by atoms with Gasteiger partial charge in [0.2, 0.25) is 0 Å². The summed E-state index contributed by atoms with van der Waals surface area (Å²) in [5.74, 6) is -1.41. The third-order valence-electron chi connectivity index (χ3n) is 4.57. The highest BCUT2D eigenvalue weighted by Crippen LogP contribution is 2.17. The largest absolute Gasteiger partial charge is 0.466 e. The fourth-order valence-electron chi connectivity index (χ4n) is 2.92. The minimum atomic E-state index is -0.716. The predicted molar refractivity (Wildman–Crippen MR) is 116 cm³/mol. The number of ketones is 1. The van der Waals surface area contributed by atoms with Gasteiger partial charge >= 0.3 is 11.9 Å². The van der Waals surface area contributed by atoms with Crippen LogP contribution in [0.3, 0.4) is 0 Å². The Kier molecular flexibility index (Phi) is 12.5. The first-order chi connectivity index (χ1) is 14.8. The van der Waals surface area contributed by atoms with E-state index < -0.39 is 16.7 Å². The van der Waals surface area contributed by atoms with E-state index in [1.807, 2.05) is 0 Å². The van der Waals surface area contributed by atoms with Crippen LogP contribution in [0, 0.1) is 10.1 Å². The van der Waals surface area contributed by atoms with Gasteiger partial charge in [-0.25, -0.2) is 4.79 Å². The van der Waals surface area contributed by atoms with E-state index >= 15 is 0 Å². The van der Waals surface area contributed by atoms with Gasteiger partial charge in [-0.3, -0.25) is 19.7 Å². The van der Waals surface area contributed by atoms with Gasteiger partial charge in [0.25, 0.3) is 5.69 Å². The molecule has 0 aliphatic carbocycles. The first kappa shape index (κ1) is 26.0. The number of hydrogen-bond acceptors (Lipinski definition) is 7. The van der Waals surface area contributed by atoms with Crippen LogP contribution >= 0.6 is 0 Å². The summed E-state index contributed by atoms with van der Waals surface area (Å²) < 4.78 is 10.1. The van der Waals surface area contributed by atoms with Crippen LogP contribution in [0.5, 0.6) is 0 Å². The molecular weight excluding hydrogens is 402 g/mol. The molecule has 0 amide bonds. The number of esters is 2. The molecule has 0 heterocycles. The summed E-state index contributed by atoms with van der Waals surface area (Å²) in [6.07, 6.45) is 9.20. The second-order valence-corrected chi connectivity index (χ2v) is 7.27. The van der Waals surface area contributed by atoms with Crippen molar-refractivity contribution in [2.45, 2.75) is 65.2 Å². The number of nitrogens with zero attached hydrogens (tertiary/aromatic N) is 1. The average Bonchev–Trinajstić information content (AvgIpc) is 2.72. The minimum Gasteiger partial charge on any atom is -0.466 e. The van der Waals surface area contributed by atoms with Crippen LogP contribution in [-0.4, -0.2) is 35.9 Å². The standard InChI is InChI=1S/C23H31NO7/c1-18(25)22(17-20-12-11-13-21(16-20)24(28)29)23(27)31-15-10-8-6-4-3-5-7-9-14-30-19(2)26/h11-13,16-17H,3-10,14-15H2,1-2H3/b22-17+. The molecule has 31 heavy (non-hydrogen) atoms. The summed E-state index contributed by atoms with van der Waals surface area (Å²) in [4.78, 5) is 45.0.